The van der Waals surface area contributed by atoms with Crippen LogP contribution >= 0.6 is 23.2 Å². The lowest BCUT2D eigenvalue weighted by Gasteiger charge is -2.08. The number of pyridine rings is 1. The molecule has 0 saturated heterocycles. The van der Waals surface area contributed by atoms with Gasteiger partial charge in [0.05, 0.1) is 24.7 Å². The van der Waals surface area contributed by atoms with Crippen LogP contribution in [0.15, 0.2) is 59.3 Å². The third kappa shape index (κ3) is 5.00. The van der Waals surface area contributed by atoms with E-state index in [0.29, 0.717) is 34.6 Å². The minimum atomic E-state index is -0.249. The van der Waals surface area contributed by atoms with Crippen LogP contribution in [0.5, 0.6) is 0 Å². The third-order valence-corrected chi connectivity index (χ3v) is 4.32. The molecule has 0 aliphatic heterocycles. The van der Waals surface area contributed by atoms with Crippen molar-refractivity contribution in [2.75, 3.05) is 11.9 Å². The first-order chi connectivity index (χ1) is 12.6. The van der Waals surface area contributed by atoms with Crippen molar-refractivity contribution in [3.63, 3.8) is 0 Å². The van der Waals surface area contributed by atoms with E-state index in [1.165, 1.54) is 0 Å². The summed E-state index contributed by atoms with van der Waals surface area (Å²) in [5.74, 6) is 0.443. The van der Waals surface area contributed by atoms with Crippen molar-refractivity contribution < 1.29 is 9.21 Å². The summed E-state index contributed by atoms with van der Waals surface area (Å²) in [4.78, 5) is 16.2. The van der Waals surface area contributed by atoms with E-state index in [4.69, 9.17) is 27.6 Å². The molecule has 0 aliphatic rings. The Bertz CT molecular complexity index is 865. The van der Waals surface area contributed by atoms with Gasteiger partial charge in [0, 0.05) is 16.6 Å². The molecule has 0 fully saturated rings. The zero-order chi connectivity index (χ0) is 18.4. The fourth-order valence-corrected chi connectivity index (χ4v) is 2.87. The average molecular weight is 390 g/mol. The number of rotatable bonds is 7. The number of nitrogens with one attached hydrogen (secondary N) is 2. The lowest BCUT2D eigenvalue weighted by atomic mass is 10.1. The lowest BCUT2D eigenvalue weighted by Crippen LogP contribution is -2.23. The van der Waals surface area contributed by atoms with E-state index in [0.717, 1.165) is 17.7 Å². The molecule has 0 unspecified atom stereocenters. The SMILES string of the molecule is O=C(NCc1ccco1)c1ccc(NCCc2ccc(Cl)cc2Cl)cn1. The maximum absolute atomic E-state index is 12.1. The number of furan rings is 1. The molecule has 3 aromatic rings. The molecule has 134 valence electrons. The van der Waals surface area contributed by atoms with Gasteiger partial charge in [-0.3, -0.25) is 4.79 Å². The number of amides is 1. The Balaban J connectivity index is 1.48. The minimum Gasteiger partial charge on any atom is -0.467 e. The van der Waals surface area contributed by atoms with Crippen LogP contribution in [0.4, 0.5) is 5.69 Å². The second kappa shape index (κ2) is 8.74. The predicted octanol–water partition coefficient (Wildman–Crippen LogP) is 4.57. The summed E-state index contributed by atoms with van der Waals surface area (Å²) >= 11 is 12.1. The van der Waals surface area contributed by atoms with Gasteiger partial charge in [-0.25, -0.2) is 4.98 Å². The first-order valence-corrected chi connectivity index (χ1v) is 8.82. The Hall–Kier alpha value is -2.50. The molecule has 1 aromatic carbocycles. The van der Waals surface area contributed by atoms with Gasteiger partial charge in [-0.1, -0.05) is 29.3 Å². The van der Waals surface area contributed by atoms with Gasteiger partial charge < -0.3 is 15.1 Å². The van der Waals surface area contributed by atoms with Gasteiger partial charge in [-0.05, 0) is 48.4 Å². The predicted molar refractivity (Wildman–Crippen MR) is 103 cm³/mol. The summed E-state index contributed by atoms with van der Waals surface area (Å²) < 4.78 is 5.17. The number of carbonyl (C=O) groups is 1. The number of carbonyl (C=O) groups excluding carboxylic acids is 1. The Kier molecular flexibility index (Phi) is 6.15. The van der Waals surface area contributed by atoms with Crippen LogP contribution in [0.25, 0.3) is 0 Å². The van der Waals surface area contributed by atoms with Crippen LogP contribution in [0.3, 0.4) is 0 Å². The lowest BCUT2D eigenvalue weighted by molar-refractivity contribution is 0.0943. The van der Waals surface area contributed by atoms with Crippen LogP contribution in [0.1, 0.15) is 21.8 Å². The summed E-state index contributed by atoms with van der Waals surface area (Å²) in [5, 5.41) is 7.29. The van der Waals surface area contributed by atoms with Crippen LogP contribution in [-0.2, 0) is 13.0 Å². The molecule has 0 atom stereocenters. The largest absolute Gasteiger partial charge is 0.467 e. The molecule has 0 spiro atoms. The van der Waals surface area contributed by atoms with Crippen molar-refractivity contribution in [2.24, 2.45) is 0 Å². The molecular weight excluding hydrogens is 373 g/mol. The number of hydrogen-bond donors (Lipinski definition) is 2. The van der Waals surface area contributed by atoms with Gasteiger partial charge in [0.25, 0.3) is 5.91 Å². The highest BCUT2D eigenvalue weighted by Gasteiger charge is 2.08. The molecule has 26 heavy (non-hydrogen) atoms. The highest BCUT2D eigenvalue weighted by molar-refractivity contribution is 6.35. The van der Waals surface area contributed by atoms with Crippen molar-refractivity contribution in [2.45, 2.75) is 13.0 Å². The Morgan fingerprint density at radius 1 is 1.15 bits per heavy atom. The number of benzene rings is 1. The smallest absolute Gasteiger partial charge is 0.270 e. The molecule has 3 rings (SSSR count). The molecule has 7 heteroatoms. The second-order valence-corrected chi connectivity index (χ2v) is 6.45. The zero-order valence-corrected chi connectivity index (χ0v) is 15.3. The molecule has 2 N–H and O–H groups in total. The fourth-order valence-electron chi connectivity index (χ4n) is 2.37. The fraction of sp³-hybridized carbons (Fsp3) is 0.158. The van der Waals surface area contributed by atoms with Crippen LogP contribution in [-0.4, -0.2) is 17.4 Å². The zero-order valence-electron chi connectivity index (χ0n) is 13.8. The van der Waals surface area contributed by atoms with E-state index in [9.17, 15) is 4.79 Å². The molecule has 2 aromatic heterocycles. The maximum atomic E-state index is 12.1. The summed E-state index contributed by atoms with van der Waals surface area (Å²) in [7, 11) is 0. The molecule has 2 heterocycles. The molecule has 5 nitrogen and oxygen atoms in total. The average Bonchev–Trinajstić information content (AvgIpc) is 3.16. The summed E-state index contributed by atoms with van der Waals surface area (Å²) in [6.07, 6.45) is 3.95. The first-order valence-electron chi connectivity index (χ1n) is 8.06. The second-order valence-electron chi connectivity index (χ2n) is 5.61. The van der Waals surface area contributed by atoms with E-state index in [-0.39, 0.29) is 5.91 Å². The van der Waals surface area contributed by atoms with E-state index >= 15 is 0 Å². The van der Waals surface area contributed by atoms with Crippen LogP contribution < -0.4 is 10.6 Å². The molecule has 0 bridgehead atoms. The number of anilines is 1. The van der Waals surface area contributed by atoms with E-state index in [1.54, 1.807) is 36.7 Å². The molecule has 0 radical (unpaired) electrons. The minimum absolute atomic E-state index is 0.249. The van der Waals surface area contributed by atoms with Gasteiger partial charge in [0.2, 0.25) is 0 Å². The quantitative estimate of drug-likeness (QED) is 0.621. The third-order valence-electron chi connectivity index (χ3n) is 3.74. The molecule has 0 aliphatic carbocycles. The van der Waals surface area contributed by atoms with Gasteiger partial charge >= 0.3 is 0 Å². The first kappa shape index (κ1) is 18.3. The topological polar surface area (TPSA) is 67.2 Å². The van der Waals surface area contributed by atoms with Crippen molar-refractivity contribution in [1.82, 2.24) is 10.3 Å². The van der Waals surface area contributed by atoms with E-state index in [1.807, 2.05) is 18.2 Å². The van der Waals surface area contributed by atoms with Gasteiger partial charge in [-0.15, -0.1) is 0 Å². The van der Waals surface area contributed by atoms with Crippen LogP contribution in [0.2, 0.25) is 10.0 Å². The number of aromatic nitrogens is 1. The highest BCUT2D eigenvalue weighted by atomic mass is 35.5. The Labute approximate surface area is 161 Å². The monoisotopic (exact) mass is 389 g/mol. The van der Waals surface area contributed by atoms with Gasteiger partial charge in [0.15, 0.2) is 0 Å². The summed E-state index contributed by atoms with van der Waals surface area (Å²) in [6, 6.07) is 12.5. The maximum Gasteiger partial charge on any atom is 0.270 e. The Morgan fingerprint density at radius 2 is 2.04 bits per heavy atom. The van der Waals surface area contributed by atoms with Crippen LogP contribution in [0, 0.1) is 0 Å². The van der Waals surface area contributed by atoms with E-state index in [2.05, 4.69) is 15.6 Å². The van der Waals surface area contributed by atoms with Crippen molar-refractivity contribution in [1.29, 1.82) is 0 Å². The number of halogens is 2. The molecular formula is C19H17Cl2N3O2. The molecule has 0 saturated carbocycles. The van der Waals surface area contributed by atoms with Crippen molar-refractivity contribution >= 4 is 34.8 Å². The van der Waals surface area contributed by atoms with Crippen molar-refractivity contribution in [3.8, 4) is 0 Å². The normalized spacial score (nSPS) is 10.5. The van der Waals surface area contributed by atoms with Gasteiger partial charge in [-0.2, -0.15) is 0 Å². The summed E-state index contributed by atoms with van der Waals surface area (Å²) in [6.45, 7) is 1.02. The van der Waals surface area contributed by atoms with E-state index < -0.39 is 0 Å². The molecule has 1 amide bonds. The Morgan fingerprint density at radius 3 is 2.73 bits per heavy atom. The van der Waals surface area contributed by atoms with Crippen molar-refractivity contribution in [3.05, 3.63) is 82.0 Å². The summed E-state index contributed by atoms with van der Waals surface area (Å²) in [5.41, 5.74) is 2.20. The van der Waals surface area contributed by atoms with Gasteiger partial charge in [0.1, 0.15) is 11.5 Å². The highest BCUT2D eigenvalue weighted by Crippen LogP contribution is 2.21. The number of nitrogens with zero attached hydrogens (tertiary/aromatic N) is 1. The number of hydrogen-bond acceptors (Lipinski definition) is 4. The standard InChI is InChI=1S/C19H17Cl2N3O2/c20-14-4-3-13(17(21)10-14)7-8-22-15-5-6-18(23-11-15)19(25)24-12-16-2-1-9-26-16/h1-6,9-11,22H,7-8,12H2,(H,24,25).